The summed E-state index contributed by atoms with van der Waals surface area (Å²) >= 11 is 5.79. The minimum Gasteiger partial charge on any atom is -0.459 e. The van der Waals surface area contributed by atoms with Crippen LogP contribution in [0.25, 0.3) is 11.3 Å². The van der Waals surface area contributed by atoms with Gasteiger partial charge in [-0.15, -0.1) is 0 Å². The zero-order valence-electron chi connectivity index (χ0n) is 11.2. The average Bonchev–Trinajstić information content (AvgIpc) is 2.92. The molecule has 0 amide bonds. The van der Waals surface area contributed by atoms with E-state index in [9.17, 15) is 10.1 Å². The van der Waals surface area contributed by atoms with Crippen molar-refractivity contribution >= 4 is 17.3 Å². The molecule has 0 aliphatic heterocycles. The first-order chi connectivity index (χ1) is 10.1. The van der Waals surface area contributed by atoms with Crippen molar-refractivity contribution in [3.8, 4) is 11.3 Å². The SMILES string of the molecule is O=[N+]([O-])c1cc(Cl)ccc1-c1ccc(CNCCCO)o1. The molecule has 2 rings (SSSR count). The predicted molar refractivity (Wildman–Crippen MR) is 79.2 cm³/mol. The third-order valence-electron chi connectivity index (χ3n) is 2.89. The van der Waals surface area contributed by atoms with E-state index >= 15 is 0 Å². The topological polar surface area (TPSA) is 88.5 Å². The molecule has 7 heteroatoms. The van der Waals surface area contributed by atoms with Crippen LogP contribution in [-0.2, 0) is 6.54 Å². The van der Waals surface area contributed by atoms with Gasteiger partial charge in [0.25, 0.3) is 5.69 Å². The summed E-state index contributed by atoms with van der Waals surface area (Å²) in [4.78, 5) is 10.6. The second-order valence-electron chi connectivity index (χ2n) is 4.44. The number of nitrogens with one attached hydrogen (secondary N) is 1. The quantitative estimate of drug-likeness (QED) is 0.466. The van der Waals surface area contributed by atoms with Gasteiger partial charge in [0, 0.05) is 17.7 Å². The van der Waals surface area contributed by atoms with Crippen LogP contribution in [0.3, 0.4) is 0 Å². The summed E-state index contributed by atoms with van der Waals surface area (Å²) in [6.45, 7) is 1.31. The first kappa shape index (κ1) is 15.5. The van der Waals surface area contributed by atoms with Gasteiger partial charge in [-0.3, -0.25) is 10.1 Å². The first-order valence-corrected chi connectivity index (χ1v) is 6.84. The minimum absolute atomic E-state index is 0.0864. The lowest BCUT2D eigenvalue weighted by Crippen LogP contribution is -2.15. The molecule has 0 bridgehead atoms. The highest BCUT2D eigenvalue weighted by molar-refractivity contribution is 6.30. The van der Waals surface area contributed by atoms with Crippen LogP contribution in [0.1, 0.15) is 12.2 Å². The number of rotatable bonds is 7. The maximum Gasteiger partial charge on any atom is 0.281 e. The Bertz CT molecular complexity index is 627. The van der Waals surface area contributed by atoms with Gasteiger partial charge in [-0.1, -0.05) is 11.6 Å². The summed E-state index contributed by atoms with van der Waals surface area (Å²) in [6, 6.07) is 7.92. The Hall–Kier alpha value is -1.89. The lowest BCUT2D eigenvalue weighted by molar-refractivity contribution is -0.384. The molecule has 1 aromatic carbocycles. The fourth-order valence-electron chi connectivity index (χ4n) is 1.90. The smallest absolute Gasteiger partial charge is 0.281 e. The largest absolute Gasteiger partial charge is 0.459 e. The molecule has 0 fully saturated rings. The van der Waals surface area contributed by atoms with E-state index in [4.69, 9.17) is 21.1 Å². The molecule has 6 nitrogen and oxygen atoms in total. The van der Waals surface area contributed by atoms with E-state index in [0.717, 1.165) is 0 Å². The number of nitro benzene ring substituents is 1. The van der Waals surface area contributed by atoms with Crippen LogP contribution in [0, 0.1) is 10.1 Å². The van der Waals surface area contributed by atoms with Gasteiger partial charge < -0.3 is 14.8 Å². The number of halogens is 1. The van der Waals surface area contributed by atoms with Crippen molar-refractivity contribution in [1.82, 2.24) is 5.32 Å². The van der Waals surface area contributed by atoms with E-state index in [-0.39, 0.29) is 12.3 Å². The van der Waals surface area contributed by atoms with Crippen molar-refractivity contribution in [2.45, 2.75) is 13.0 Å². The van der Waals surface area contributed by atoms with Gasteiger partial charge in [-0.2, -0.15) is 0 Å². The Balaban J connectivity index is 2.16. The Morgan fingerprint density at radius 2 is 2.14 bits per heavy atom. The summed E-state index contributed by atoms with van der Waals surface area (Å²) in [5.41, 5.74) is 0.308. The molecule has 0 atom stereocenters. The van der Waals surface area contributed by atoms with Crippen LogP contribution in [0.5, 0.6) is 0 Å². The van der Waals surface area contributed by atoms with Crippen molar-refractivity contribution in [2.24, 2.45) is 0 Å². The van der Waals surface area contributed by atoms with E-state index in [1.807, 2.05) is 0 Å². The van der Waals surface area contributed by atoms with Gasteiger partial charge in [-0.25, -0.2) is 0 Å². The molecule has 0 spiro atoms. The monoisotopic (exact) mass is 310 g/mol. The summed E-state index contributed by atoms with van der Waals surface area (Å²) in [5.74, 6) is 1.10. The number of hydrogen-bond donors (Lipinski definition) is 2. The number of nitro groups is 1. The highest BCUT2D eigenvalue weighted by Crippen LogP contribution is 2.33. The van der Waals surface area contributed by atoms with Crippen molar-refractivity contribution in [2.75, 3.05) is 13.2 Å². The molecule has 112 valence electrons. The second kappa shape index (κ2) is 7.21. The van der Waals surface area contributed by atoms with Crippen LogP contribution < -0.4 is 5.32 Å². The van der Waals surface area contributed by atoms with Crippen LogP contribution in [0.2, 0.25) is 5.02 Å². The lowest BCUT2D eigenvalue weighted by atomic mass is 10.1. The molecule has 2 N–H and O–H groups in total. The average molecular weight is 311 g/mol. The molecule has 0 aliphatic rings. The molecule has 1 aromatic heterocycles. The molecule has 0 saturated carbocycles. The second-order valence-corrected chi connectivity index (χ2v) is 4.87. The number of hydrogen-bond acceptors (Lipinski definition) is 5. The maximum atomic E-state index is 11.1. The van der Waals surface area contributed by atoms with Crippen LogP contribution >= 0.6 is 11.6 Å². The molecule has 2 aromatic rings. The van der Waals surface area contributed by atoms with Gasteiger partial charge in [-0.05, 0) is 37.2 Å². The standard InChI is InChI=1S/C14H15ClN2O4/c15-10-2-4-12(13(8-10)17(19)20)14-5-3-11(21-14)9-16-6-1-7-18/h2-5,8,16,18H,1,6-7,9H2. The minimum atomic E-state index is -0.483. The Morgan fingerprint density at radius 3 is 2.86 bits per heavy atom. The van der Waals surface area contributed by atoms with Crippen LogP contribution in [0.15, 0.2) is 34.7 Å². The number of benzene rings is 1. The molecule has 1 heterocycles. The normalized spacial score (nSPS) is 10.8. The molecular formula is C14H15ClN2O4. The van der Waals surface area contributed by atoms with E-state index in [1.54, 1.807) is 24.3 Å². The highest BCUT2D eigenvalue weighted by Gasteiger charge is 2.18. The van der Waals surface area contributed by atoms with Crippen LogP contribution in [-0.4, -0.2) is 23.2 Å². The van der Waals surface area contributed by atoms with Gasteiger partial charge >= 0.3 is 0 Å². The first-order valence-electron chi connectivity index (χ1n) is 6.46. The number of aliphatic hydroxyl groups excluding tert-OH is 1. The summed E-state index contributed by atoms with van der Waals surface area (Å²) < 4.78 is 5.61. The van der Waals surface area contributed by atoms with E-state index in [2.05, 4.69) is 5.32 Å². The van der Waals surface area contributed by atoms with Crippen molar-refractivity contribution < 1.29 is 14.4 Å². The number of nitrogens with zero attached hydrogens (tertiary/aromatic N) is 1. The summed E-state index contributed by atoms with van der Waals surface area (Å²) in [7, 11) is 0. The molecule has 21 heavy (non-hydrogen) atoms. The molecule has 0 radical (unpaired) electrons. The van der Waals surface area contributed by atoms with E-state index in [1.165, 1.54) is 6.07 Å². The fraction of sp³-hybridized carbons (Fsp3) is 0.286. The Labute approximate surface area is 126 Å². The molecule has 0 aliphatic carbocycles. The third-order valence-corrected chi connectivity index (χ3v) is 3.13. The molecular weight excluding hydrogens is 296 g/mol. The lowest BCUT2D eigenvalue weighted by Gasteiger charge is -2.02. The zero-order valence-corrected chi connectivity index (χ0v) is 12.0. The van der Waals surface area contributed by atoms with Gasteiger partial charge in [0.1, 0.15) is 11.5 Å². The zero-order chi connectivity index (χ0) is 15.2. The van der Waals surface area contributed by atoms with Crippen molar-refractivity contribution in [3.63, 3.8) is 0 Å². The third kappa shape index (κ3) is 4.04. The summed E-state index contributed by atoms with van der Waals surface area (Å²) in [5, 5.41) is 23.2. The van der Waals surface area contributed by atoms with Gasteiger partial charge in [0.2, 0.25) is 0 Å². The van der Waals surface area contributed by atoms with Crippen molar-refractivity contribution in [3.05, 3.63) is 51.2 Å². The highest BCUT2D eigenvalue weighted by atomic mass is 35.5. The maximum absolute atomic E-state index is 11.1. The van der Waals surface area contributed by atoms with Gasteiger partial charge in [0.05, 0.1) is 17.0 Å². The number of aliphatic hydroxyl groups is 1. The predicted octanol–water partition coefficient (Wildman–Crippen LogP) is 2.98. The Kier molecular flexibility index (Phi) is 5.32. The molecule has 0 saturated heterocycles. The summed E-state index contributed by atoms with van der Waals surface area (Å²) in [6.07, 6.45) is 0.663. The van der Waals surface area contributed by atoms with Crippen molar-refractivity contribution in [1.29, 1.82) is 0 Å². The van der Waals surface area contributed by atoms with Crippen LogP contribution in [0.4, 0.5) is 5.69 Å². The van der Waals surface area contributed by atoms with Gasteiger partial charge in [0.15, 0.2) is 0 Å². The van der Waals surface area contributed by atoms with E-state index in [0.29, 0.717) is 41.6 Å². The number of furan rings is 1. The fourth-order valence-corrected chi connectivity index (χ4v) is 2.06. The molecule has 0 unspecified atom stereocenters. The Morgan fingerprint density at radius 1 is 1.33 bits per heavy atom. The van der Waals surface area contributed by atoms with E-state index < -0.39 is 4.92 Å².